The van der Waals surface area contributed by atoms with Gasteiger partial charge in [-0.05, 0) is 47.2 Å². The fourth-order valence-electron chi connectivity index (χ4n) is 2.80. The van der Waals surface area contributed by atoms with Crippen LogP contribution in [0.2, 0.25) is 0 Å². The van der Waals surface area contributed by atoms with Crippen molar-refractivity contribution in [3.8, 4) is 5.75 Å². The standard InChI is InChI=1S/C16H14BrNOS2/c17-11-5-9-1-3-19-16(9)10(6-11)7-12(18)14-8-15-13(21-14)2-4-20-15/h2,4-6,8,12H,1,3,7,18H2. The third-order valence-electron chi connectivity index (χ3n) is 3.79. The Morgan fingerprint density at radius 3 is 3.05 bits per heavy atom. The largest absolute Gasteiger partial charge is 0.493 e. The number of hydrogen-bond donors (Lipinski definition) is 1. The van der Waals surface area contributed by atoms with Gasteiger partial charge in [-0.25, -0.2) is 0 Å². The van der Waals surface area contributed by atoms with Gasteiger partial charge in [-0.3, -0.25) is 0 Å². The van der Waals surface area contributed by atoms with Gasteiger partial charge in [0.1, 0.15) is 5.75 Å². The second kappa shape index (κ2) is 5.39. The number of nitrogens with two attached hydrogens (primary N) is 1. The molecule has 0 bridgehead atoms. The second-order valence-electron chi connectivity index (χ2n) is 5.26. The summed E-state index contributed by atoms with van der Waals surface area (Å²) in [5.41, 5.74) is 8.94. The minimum absolute atomic E-state index is 0.0252. The smallest absolute Gasteiger partial charge is 0.125 e. The molecule has 0 saturated heterocycles. The Labute approximate surface area is 139 Å². The van der Waals surface area contributed by atoms with Gasteiger partial charge in [0.2, 0.25) is 0 Å². The molecule has 1 aliphatic heterocycles. The molecule has 0 aliphatic carbocycles. The van der Waals surface area contributed by atoms with E-state index in [2.05, 4.69) is 45.6 Å². The van der Waals surface area contributed by atoms with Gasteiger partial charge in [-0.2, -0.15) is 0 Å². The molecular weight excluding hydrogens is 366 g/mol. The highest BCUT2D eigenvalue weighted by Gasteiger charge is 2.20. The monoisotopic (exact) mass is 379 g/mol. The molecule has 5 heteroatoms. The molecule has 0 fully saturated rings. The summed E-state index contributed by atoms with van der Waals surface area (Å²) in [5, 5.41) is 2.13. The van der Waals surface area contributed by atoms with Crippen LogP contribution in [0.4, 0.5) is 0 Å². The Bertz CT molecular complexity index is 779. The molecule has 1 atom stereocenters. The molecule has 1 aliphatic rings. The Balaban J connectivity index is 1.65. The molecule has 0 amide bonds. The topological polar surface area (TPSA) is 35.2 Å². The Morgan fingerprint density at radius 1 is 1.29 bits per heavy atom. The summed E-state index contributed by atoms with van der Waals surface area (Å²) in [6, 6.07) is 8.71. The van der Waals surface area contributed by atoms with Crippen LogP contribution >= 0.6 is 38.6 Å². The third-order valence-corrected chi connectivity index (χ3v) is 6.47. The van der Waals surface area contributed by atoms with Crippen molar-refractivity contribution in [2.75, 3.05) is 6.61 Å². The van der Waals surface area contributed by atoms with Crippen molar-refractivity contribution in [1.29, 1.82) is 0 Å². The van der Waals surface area contributed by atoms with Gasteiger partial charge in [0.05, 0.1) is 6.61 Å². The summed E-state index contributed by atoms with van der Waals surface area (Å²) in [6.45, 7) is 0.781. The van der Waals surface area contributed by atoms with Gasteiger partial charge >= 0.3 is 0 Å². The molecule has 4 rings (SSSR count). The summed E-state index contributed by atoms with van der Waals surface area (Å²) < 4.78 is 9.58. The predicted molar refractivity (Wildman–Crippen MR) is 93.7 cm³/mol. The zero-order chi connectivity index (χ0) is 14.4. The van der Waals surface area contributed by atoms with Crippen LogP contribution in [0.15, 0.2) is 34.1 Å². The van der Waals surface area contributed by atoms with Gasteiger partial charge < -0.3 is 10.5 Å². The first-order chi connectivity index (χ1) is 10.2. The van der Waals surface area contributed by atoms with E-state index >= 15 is 0 Å². The van der Waals surface area contributed by atoms with Crippen LogP contribution in [0.1, 0.15) is 22.0 Å². The van der Waals surface area contributed by atoms with Crippen LogP contribution in [0, 0.1) is 0 Å². The summed E-state index contributed by atoms with van der Waals surface area (Å²) in [4.78, 5) is 1.25. The van der Waals surface area contributed by atoms with Gasteiger partial charge in [0, 0.05) is 31.2 Å². The third kappa shape index (κ3) is 2.52. The van der Waals surface area contributed by atoms with E-state index in [0.717, 1.165) is 29.7 Å². The van der Waals surface area contributed by atoms with Crippen LogP contribution < -0.4 is 10.5 Å². The fourth-order valence-corrected chi connectivity index (χ4v) is 5.48. The zero-order valence-electron chi connectivity index (χ0n) is 11.3. The first-order valence-corrected chi connectivity index (χ1v) is 9.36. The molecule has 3 heterocycles. The van der Waals surface area contributed by atoms with Crippen LogP contribution in [0.25, 0.3) is 9.40 Å². The van der Waals surface area contributed by atoms with Crippen molar-refractivity contribution in [3.05, 3.63) is 50.1 Å². The molecule has 21 heavy (non-hydrogen) atoms. The number of benzene rings is 1. The Kier molecular flexibility index (Phi) is 3.53. The molecule has 108 valence electrons. The maximum absolute atomic E-state index is 6.44. The molecule has 1 aromatic carbocycles. The number of fused-ring (bicyclic) bond motifs is 2. The average Bonchev–Trinajstić information content (AvgIpc) is 3.12. The maximum atomic E-state index is 6.44. The average molecular weight is 380 g/mol. The molecule has 1 unspecified atom stereocenters. The lowest BCUT2D eigenvalue weighted by atomic mass is 10.0. The molecule has 0 spiro atoms. The molecule has 2 nitrogen and oxygen atoms in total. The van der Waals surface area contributed by atoms with E-state index in [-0.39, 0.29) is 6.04 Å². The van der Waals surface area contributed by atoms with E-state index in [4.69, 9.17) is 10.5 Å². The fraction of sp³-hybridized carbons (Fsp3) is 0.250. The lowest BCUT2D eigenvalue weighted by Gasteiger charge is -2.13. The normalized spacial score (nSPS) is 15.1. The lowest BCUT2D eigenvalue weighted by molar-refractivity contribution is 0.352. The van der Waals surface area contributed by atoms with E-state index in [1.807, 2.05) is 0 Å². The summed E-state index contributed by atoms with van der Waals surface area (Å²) in [7, 11) is 0. The minimum Gasteiger partial charge on any atom is -0.493 e. The lowest BCUT2D eigenvalue weighted by Crippen LogP contribution is -2.12. The highest BCUT2D eigenvalue weighted by Crippen LogP contribution is 2.37. The van der Waals surface area contributed by atoms with Gasteiger partial charge in [0.15, 0.2) is 0 Å². The van der Waals surface area contributed by atoms with E-state index < -0.39 is 0 Å². The number of hydrogen-bond acceptors (Lipinski definition) is 4. The van der Waals surface area contributed by atoms with Crippen molar-refractivity contribution in [2.24, 2.45) is 5.73 Å². The van der Waals surface area contributed by atoms with Crippen molar-refractivity contribution in [2.45, 2.75) is 18.9 Å². The number of halogens is 1. The van der Waals surface area contributed by atoms with Crippen LogP contribution in [-0.2, 0) is 12.8 Å². The quantitative estimate of drug-likeness (QED) is 0.701. The summed E-state index contributed by atoms with van der Waals surface area (Å²) in [6.07, 6.45) is 1.81. The molecule has 2 N–H and O–H groups in total. The van der Waals surface area contributed by atoms with Crippen molar-refractivity contribution >= 4 is 48.0 Å². The number of rotatable bonds is 3. The number of thiophene rings is 2. The molecule has 2 aromatic heterocycles. The van der Waals surface area contributed by atoms with Gasteiger partial charge in [0.25, 0.3) is 0 Å². The highest BCUT2D eigenvalue weighted by molar-refractivity contribution is 9.10. The first kappa shape index (κ1) is 13.8. The summed E-state index contributed by atoms with van der Waals surface area (Å²) >= 11 is 7.17. The highest BCUT2D eigenvalue weighted by atomic mass is 79.9. The zero-order valence-corrected chi connectivity index (χ0v) is 14.5. The van der Waals surface area contributed by atoms with Crippen molar-refractivity contribution in [1.82, 2.24) is 0 Å². The van der Waals surface area contributed by atoms with E-state index in [1.54, 1.807) is 22.7 Å². The molecular formula is C16H14BrNOS2. The van der Waals surface area contributed by atoms with Gasteiger partial charge in [-0.1, -0.05) is 15.9 Å². The number of ether oxygens (including phenoxy) is 1. The maximum Gasteiger partial charge on any atom is 0.125 e. The predicted octanol–water partition coefficient (Wildman–Crippen LogP) is 4.90. The van der Waals surface area contributed by atoms with Crippen LogP contribution in [0.5, 0.6) is 5.75 Å². The summed E-state index contributed by atoms with van der Waals surface area (Å²) in [5.74, 6) is 1.05. The second-order valence-corrected chi connectivity index (χ2v) is 8.24. The molecule has 0 radical (unpaired) electrons. The molecule has 0 saturated carbocycles. The first-order valence-electron chi connectivity index (χ1n) is 6.87. The Hall–Kier alpha value is -0.880. The molecule has 3 aromatic rings. The SMILES string of the molecule is NC(Cc1cc(Br)cc2c1OCC2)c1cc2sccc2s1. The van der Waals surface area contributed by atoms with Crippen LogP contribution in [0.3, 0.4) is 0 Å². The minimum atomic E-state index is 0.0252. The van der Waals surface area contributed by atoms with Crippen LogP contribution in [-0.4, -0.2) is 6.61 Å². The van der Waals surface area contributed by atoms with E-state index in [0.29, 0.717) is 0 Å². The van der Waals surface area contributed by atoms with E-state index in [9.17, 15) is 0 Å². The van der Waals surface area contributed by atoms with E-state index in [1.165, 1.54) is 25.4 Å². The van der Waals surface area contributed by atoms with Gasteiger partial charge in [-0.15, -0.1) is 22.7 Å². The van der Waals surface area contributed by atoms with Crippen molar-refractivity contribution < 1.29 is 4.74 Å². The Morgan fingerprint density at radius 2 is 2.19 bits per heavy atom. The van der Waals surface area contributed by atoms with Crippen molar-refractivity contribution in [3.63, 3.8) is 0 Å².